The minimum absolute atomic E-state index is 0.00958. The van der Waals surface area contributed by atoms with E-state index in [2.05, 4.69) is 4.98 Å². The molecule has 0 spiro atoms. The number of piperidine rings is 1. The molecule has 0 unspecified atom stereocenters. The van der Waals surface area contributed by atoms with Crippen LogP contribution in [0.25, 0.3) is 0 Å². The molecule has 6 nitrogen and oxygen atoms in total. The highest BCUT2D eigenvalue weighted by Crippen LogP contribution is 2.21. The largest absolute Gasteiger partial charge is 0.336 e. The smallest absolute Gasteiger partial charge is 0.262 e. The van der Waals surface area contributed by atoms with Gasteiger partial charge in [0.1, 0.15) is 6.29 Å². The van der Waals surface area contributed by atoms with Gasteiger partial charge in [-0.25, -0.2) is 13.4 Å². The molecule has 7 heteroatoms. The fraction of sp³-hybridized carbons (Fsp3) is 0.636. The van der Waals surface area contributed by atoms with Gasteiger partial charge < -0.3 is 9.36 Å². The molecule has 0 aromatic carbocycles. The molecule has 0 radical (unpaired) electrons. The summed E-state index contributed by atoms with van der Waals surface area (Å²) in [6, 6.07) is 0. The molecule has 1 aromatic rings. The number of carbonyl (C=O) groups excluding carboxylic acids is 1. The highest BCUT2D eigenvalue weighted by molar-refractivity contribution is 7.89. The summed E-state index contributed by atoms with van der Waals surface area (Å²) in [6.07, 6.45) is 5.16. The Labute approximate surface area is 107 Å². The van der Waals surface area contributed by atoms with E-state index in [4.69, 9.17) is 0 Å². The van der Waals surface area contributed by atoms with E-state index in [-0.39, 0.29) is 10.9 Å². The zero-order chi connectivity index (χ0) is 13.2. The van der Waals surface area contributed by atoms with Crippen LogP contribution in [0, 0.1) is 5.92 Å². The summed E-state index contributed by atoms with van der Waals surface area (Å²) >= 11 is 0. The summed E-state index contributed by atoms with van der Waals surface area (Å²) in [5.41, 5.74) is 0. The van der Waals surface area contributed by atoms with Crippen LogP contribution in [0.2, 0.25) is 0 Å². The number of carbonyl (C=O) groups is 1. The van der Waals surface area contributed by atoms with Crippen molar-refractivity contribution >= 4 is 16.3 Å². The second kappa shape index (κ2) is 5.19. The number of aromatic nitrogens is 2. The lowest BCUT2D eigenvalue weighted by Gasteiger charge is -2.27. The van der Waals surface area contributed by atoms with Crippen molar-refractivity contribution in [1.29, 1.82) is 0 Å². The first-order valence-corrected chi connectivity index (χ1v) is 7.49. The van der Waals surface area contributed by atoms with E-state index in [1.807, 2.05) is 6.92 Å². The van der Waals surface area contributed by atoms with Crippen LogP contribution in [0.1, 0.15) is 19.8 Å². The van der Waals surface area contributed by atoms with Gasteiger partial charge in [0.25, 0.3) is 10.0 Å². The topological polar surface area (TPSA) is 72.3 Å². The second-order valence-corrected chi connectivity index (χ2v) is 6.30. The normalized spacial score (nSPS) is 18.9. The molecule has 18 heavy (non-hydrogen) atoms. The molecule has 0 saturated carbocycles. The van der Waals surface area contributed by atoms with Crippen molar-refractivity contribution < 1.29 is 13.2 Å². The molecule has 100 valence electrons. The van der Waals surface area contributed by atoms with Crippen molar-refractivity contribution in [2.24, 2.45) is 5.92 Å². The summed E-state index contributed by atoms with van der Waals surface area (Å²) in [5.74, 6) is -0.00958. The zero-order valence-electron chi connectivity index (χ0n) is 10.3. The molecule has 1 fully saturated rings. The van der Waals surface area contributed by atoms with Crippen LogP contribution in [0.15, 0.2) is 17.6 Å². The van der Waals surface area contributed by atoms with Gasteiger partial charge in [0.05, 0.1) is 6.33 Å². The van der Waals surface area contributed by atoms with Crippen LogP contribution in [-0.2, 0) is 21.4 Å². The van der Waals surface area contributed by atoms with E-state index >= 15 is 0 Å². The van der Waals surface area contributed by atoms with Crippen LogP contribution >= 0.6 is 0 Å². The van der Waals surface area contributed by atoms with Gasteiger partial charge in [-0.2, -0.15) is 4.31 Å². The Balaban J connectivity index is 2.14. The highest BCUT2D eigenvalue weighted by Gasteiger charge is 2.30. The maximum absolute atomic E-state index is 12.3. The lowest BCUT2D eigenvalue weighted by atomic mass is 10.0. The monoisotopic (exact) mass is 271 g/mol. The SMILES string of the molecule is CCn1cnc(S(=O)(=O)N2CCC(C=O)CC2)c1. The molecule has 2 rings (SSSR count). The molecular weight excluding hydrogens is 254 g/mol. The van der Waals surface area contributed by atoms with Crippen LogP contribution < -0.4 is 0 Å². The number of aldehydes is 1. The Kier molecular flexibility index (Phi) is 3.82. The lowest BCUT2D eigenvalue weighted by Crippen LogP contribution is -2.38. The molecule has 1 aliphatic heterocycles. The number of imidazole rings is 1. The van der Waals surface area contributed by atoms with Crippen LogP contribution in [0.3, 0.4) is 0 Å². The Hall–Kier alpha value is -1.21. The highest BCUT2D eigenvalue weighted by atomic mass is 32.2. The fourth-order valence-electron chi connectivity index (χ4n) is 2.03. The number of rotatable bonds is 4. The third-order valence-electron chi connectivity index (χ3n) is 3.27. The van der Waals surface area contributed by atoms with Gasteiger partial charge in [0.15, 0.2) is 5.03 Å². The van der Waals surface area contributed by atoms with Gasteiger partial charge in [0, 0.05) is 31.7 Å². The van der Waals surface area contributed by atoms with Crippen LogP contribution in [-0.4, -0.2) is 41.6 Å². The first-order chi connectivity index (χ1) is 8.57. The predicted molar refractivity (Wildman–Crippen MR) is 65.4 cm³/mol. The molecular formula is C11H17N3O3S. The third-order valence-corrected chi connectivity index (χ3v) is 5.05. The van der Waals surface area contributed by atoms with Gasteiger partial charge in [-0.3, -0.25) is 0 Å². The first kappa shape index (κ1) is 13.2. The summed E-state index contributed by atoms with van der Waals surface area (Å²) in [7, 11) is -3.50. The number of hydrogen-bond acceptors (Lipinski definition) is 4. The first-order valence-electron chi connectivity index (χ1n) is 6.05. The van der Waals surface area contributed by atoms with Crippen molar-refractivity contribution in [3.05, 3.63) is 12.5 Å². The quantitative estimate of drug-likeness (QED) is 0.748. The molecule has 0 amide bonds. The Bertz CT molecular complexity index is 515. The molecule has 0 aliphatic carbocycles. The van der Waals surface area contributed by atoms with Gasteiger partial charge in [-0.05, 0) is 19.8 Å². The Morgan fingerprint density at radius 1 is 1.44 bits per heavy atom. The van der Waals surface area contributed by atoms with E-state index in [1.165, 1.54) is 10.6 Å². The van der Waals surface area contributed by atoms with Gasteiger partial charge >= 0.3 is 0 Å². The third kappa shape index (κ3) is 2.46. The van der Waals surface area contributed by atoms with E-state index in [0.29, 0.717) is 32.5 Å². The standard InChI is InChI=1S/C11H17N3O3S/c1-2-13-7-11(12-9-13)18(16,17)14-5-3-10(8-15)4-6-14/h7-10H,2-6H2,1H3. The molecule has 1 aromatic heterocycles. The zero-order valence-corrected chi connectivity index (χ0v) is 11.1. The maximum Gasteiger partial charge on any atom is 0.262 e. The van der Waals surface area contributed by atoms with Crippen molar-refractivity contribution in [2.45, 2.75) is 31.3 Å². The number of sulfonamides is 1. The fourth-order valence-corrected chi connectivity index (χ4v) is 3.44. The Morgan fingerprint density at radius 2 is 2.11 bits per heavy atom. The van der Waals surface area contributed by atoms with Crippen molar-refractivity contribution in [1.82, 2.24) is 13.9 Å². The summed E-state index contributed by atoms with van der Waals surface area (Å²) in [5, 5.41) is 0.0916. The number of aryl methyl sites for hydroxylation is 1. The van der Waals surface area contributed by atoms with Crippen molar-refractivity contribution in [3.8, 4) is 0 Å². The maximum atomic E-state index is 12.3. The average Bonchev–Trinajstić information content (AvgIpc) is 2.88. The van der Waals surface area contributed by atoms with E-state index < -0.39 is 10.0 Å². The molecule has 0 bridgehead atoms. The Morgan fingerprint density at radius 3 is 2.61 bits per heavy atom. The van der Waals surface area contributed by atoms with Gasteiger partial charge in [-0.1, -0.05) is 0 Å². The molecule has 0 atom stereocenters. The minimum Gasteiger partial charge on any atom is -0.336 e. The summed E-state index contributed by atoms with van der Waals surface area (Å²) < 4.78 is 27.7. The summed E-state index contributed by atoms with van der Waals surface area (Å²) in [4.78, 5) is 14.6. The van der Waals surface area contributed by atoms with Crippen LogP contribution in [0.4, 0.5) is 0 Å². The molecule has 0 N–H and O–H groups in total. The summed E-state index contributed by atoms with van der Waals surface area (Å²) in [6.45, 7) is 3.40. The molecule has 1 saturated heterocycles. The lowest BCUT2D eigenvalue weighted by molar-refractivity contribution is -0.112. The van der Waals surface area contributed by atoms with Crippen molar-refractivity contribution in [2.75, 3.05) is 13.1 Å². The van der Waals surface area contributed by atoms with E-state index in [1.54, 1.807) is 10.8 Å². The minimum atomic E-state index is -3.50. The average molecular weight is 271 g/mol. The second-order valence-electron chi connectivity index (χ2n) is 4.42. The number of nitrogens with zero attached hydrogens (tertiary/aromatic N) is 3. The van der Waals surface area contributed by atoms with Crippen LogP contribution in [0.5, 0.6) is 0 Å². The predicted octanol–water partition coefficient (Wildman–Crippen LogP) is 0.503. The molecule has 1 aliphatic rings. The van der Waals surface area contributed by atoms with Gasteiger partial charge in [-0.15, -0.1) is 0 Å². The molecule has 2 heterocycles. The van der Waals surface area contributed by atoms with E-state index in [0.717, 1.165) is 6.29 Å². The van der Waals surface area contributed by atoms with Crippen molar-refractivity contribution in [3.63, 3.8) is 0 Å². The number of hydrogen-bond donors (Lipinski definition) is 0. The van der Waals surface area contributed by atoms with E-state index in [9.17, 15) is 13.2 Å². The van der Waals surface area contributed by atoms with Gasteiger partial charge in [0.2, 0.25) is 0 Å².